The maximum Gasteiger partial charge on any atom is 0.255 e. The van der Waals surface area contributed by atoms with Crippen LogP contribution in [-0.4, -0.2) is 11.0 Å². The van der Waals surface area contributed by atoms with Crippen LogP contribution in [0, 0.1) is 0 Å². The number of hydrogen-bond acceptors (Lipinski definition) is 2. The summed E-state index contributed by atoms with van der Waals surface area (Å²) in [6, 6.07) is 13.2. The van der Waals surface area contributed by atoms with Crippen molar-refractivity contribution in [3.63, 3.8) is 0 Å². The Morgan fingerprint density at radius 2 is 1.82 bits per heavy atom. The van der Waals surface area contributed by atoms with Gasteiger partial charge in [0.15, 0.2) is 0 Å². The molecular formula is C13H10ClNO2. The fraction of sp³-hybridized carbons (Fsp3) is 0. The lowest BCUT2D eigenvalue weighted by atomic mass is 10.2. The van der Waals surface area contributed by atoms with Crippen LogP contribution in [0.2, 0.25) is 5.02 Å². The zero-order valence-electron chi connectivity index (χ0n) is 8.85. The van der Waals surface area contributed by atoms with E-state index in [2.05, 4.69) is 5.32 Å². The van der Waals surface area contributed by atoms with Crippen LogP contribution in [0.3, 0.4) is 0 Å². The van der Waals surface area contributed by atoms with E-state index in [1.54, 1.807) is 24.3 Å². The first-order chi connectivity index (χ1) is 8.16. The van der Waals surface area contributed by atoms with Gasteiger partial charge in [-0.2, -0.15) is 0 Å². The lowest BCUT2D eigenvalue weighted by molar-refractivity contribution is 0.102. The Morgan fingerprint density at radius 3 is 2.53 bits per heavy atom. The molecule has 4 heteroatoms. The van der Waals surface area contributed by atoms with Gasteiger partial charge in [0.2, 0.25) is 0 Å². The molecule has 17 heavy (non-hydrogen) atoms. The number of amides is 1. The third kappa shape index (κ3) is 2.77. The Morgan fingerprint density at radius 1 is 1.12 bits per heavy atom. The highest BCUT2D eigenvalue weighted by Crippen LogP contribution is 2.26. The van der Waals surface area contributed by atoms with Crippen molar-refractivity contribution in [3.8, 4) is 5.75 Å². The monoisotopic (exact) mass is 247 g/mol. The third-order valence-corrected chi connectivity index (χ3v) is 2.56. The van der Waals surface area contributed by atoms with Gasteiger partial charge in [-0.25, -0.2) is 0 Å². The number of halogens is 1. The van der Waals surface area contributed by atoms with Crippen molar-refractivity contribution in [1.29, 1.82) is 0 Å². The second kappa shape index (κ2) is 4.89. The summed E-state index contributed by atoms with van der Waals surface area (Å²) >= 11 is 5.90. The Kier molecular flexibility index (Phi) is 3.30. The van der Waals surface area contributed by atoms with E-state index in [1.807, 2.05) is 6.07 Å². The predicted molar refractivity (Wildman–Crippen MR) is 67.5 cm³/mol. The topological polar surface area (TPSA) is 49.3 Å². The summed E-state index contributed by atoms with van der Waals surface area (Å²) < 4.78 is 0. The number of carbonyl (C=O) groups is 1. The number of carbonyl (C=O) groups excluding carboxylic acids is 1. The Bertz CT molecular complexity index is 540. The molecule has 0 fully saturated rings. The first kappa shape index (κ1) is 11.5. The van der Waals surface area contributed by atoms with Crippen LogP contribution in [0.4, 0.5) is 5.69 Å². The fourth-order valence-corrected chi connectivity index (χ4v) is 1.56. The molecule has 0 heterocycles. The minimum atomic E-state index is -0.266. The smallest absolute Gasteiger partial charge is 0.255 e. The Labute approximate surface area is 104 Å². The first-order valence-electron chi connectivity index (χ1n) is 5.02. The summed E-state index contributed by atoms with van der Waals surface area (Å²) in [6.07, 6.45) is 0. The minimum Gasteiger partial charge on any atom is -0.508 e. The van der Waals surface area contributed by atoms with Crippen molar-refractivity contribution in [3.05, 3.63) is 59.1 Å². The molecule has 2 aromatic rings. The Hall–Kier alpha value is -2.00. The molecule has 0 radical (unpaired) electrons. The molecule has 0 spiro atoms. The van der Waals surface area contributed by atoms with E-state index in [0.717, 1.165) is 0 Å². The second-order valence-corrected chi connectivity index (χ2v) is 3.89. The zero-order valence-corrected chi connectivity index (χ0v) is 9.61. The van der Waals surface area contributed by atoms with Gasteiger partial charge < -0.3 is 10.4 Å². The summed E-state index contributed by atoms with van der Waals surface area (Å²) in [5.74, 6) is -0.212. The number of phenols is 1. The highest BCUT2D eigenvalue weighted by Gasteiger charge is 2.08. The summed E-state index contributed by atoms with van der Waals surface area (Å²) in [5, 5.41) is 12.3. The molecule has 1 amide bonds. The number of rotatable bonds is 2. The number of hydrogen-bond donors (Lipinski definition) is 2. The van der Waals surface area contributed by atoms with Crippen LogP contribution >= 0.6 is 11.6 Å². The maximum atomic E-state index is 11.8. The van der Waals surface area contributed by atoms with Crippen molar-refractivity contribution < 1.29 is 9.90 Å². The quantitative estimate of drug-likeness (QED) is 0.856. The van der Waals surface area contributed by atoms with Gasteiger partial charge in [0.1, 0.15) is 5.75 Å². The zero-order chi connectivity index (χ0) is 12.3. The molecule has 0 aliphatic rings. The molecule has 0 atom stereocenters. The van der Waals surface area contributed by atoms with Crippen LogP contribution in [0.5, 0.6) is 5.75 Å². The number of anilines is 1. The molecule has 0 aromatic heterocycles. The normalized spacial score (nSPS) is 9.94. The average molecular weight is 248 g/mol. The van der Waals surface area contributed by atoms with Gasteiger partial charge in [0, 0.05) is 11.6 Å². The molecule has 3 nitrogen and oxygen atoms in total. The molecule has 0 aliphatic heterocycles. The third-order valence-electron chi connectivity index (χ3n) is 2.23. The average Bonchev–Trinajstić information content (AvgIpc) is 2.35. The van der Waals surface area contributed by atoms with Crippen LogP contribution in [-0.2, 0) is 0 Å². The summed E-state index contributed by atoms with van der Waals surface area (Å²) in [5.41, 5.74) is 0.924. The van der Waals surface area contributed by atoms with Gasteiger partial charge in [-0.3, -0.25) is 4.79 Å². The fourth-order valence-electron chi connectivity index (χ4n) is 1.39. The van der Waals surface area contributed by atoms with Crippen molar-refractivity contribution in [1.82, 2.24) is 0 Å². The molecule has 2 rings (SSSR count). The molecule has 2 aromatic carbocycles. The minimum absolute atomic E-state index is 0.0535. The molecule has 0 unspecified atom stereocenters. The molecule has 0 saturated carbocycles. The molecule has 0 aliphatic carbocycles. The number of phenolic OH excluding ortho intramolecular Hbond substituents is 1. The van der Waals surface area contributed by atoms with Gasteiger partial charge in [0.05, 0.1) is 10.7 Å². The van der Waals surface area contributed by atoms with E-state index in [0.29, 0.717) is 16.3 Å². The van der Waals surface area contributed by atoms with Crippen molar-refractivity contribution >= 4 is 23.2 Å². The maximum absolute atomic E-state index is 11.8. The second-order valence-electron chi connectivity index (χ2n) is 3.48. The molecule has 86 valence electrons. The van der Waals surface area contributed by atoms with Gasteiger partial charge in [-0.1, -0.05) is 29.8 Å². The van der Waals surface area contributed by atoms with E-state index < -0.39 is 0 Å². The number of aromatic hydroxyl groups is 1. The van der Waals surface area contributed by atoms with Gasteiger partial charge in [-0.15, -0.1) is 0 Å². The lowest BCUT2D eigenvalue weighted by Crippen LogP contribution is -2.11. The summed E-state index contributed by atoms with van der Waals surface area (Å²) in [4.78, 5) is 11.8. The van der Waals surface area contributed by atoms with Crippen molar-refractivity contribution in [2.45, 2.75) is 0 Å². The summed E-state index contributed by atoms with van der Waals surface area (Å²) in [7, 11) is 0. The lowest BCUT2D eigenvalue weighted by Gasteiger charge is -2.07. The standard InChI is InChI=1S/C13H10ClNO2/c14-11-7-6-10(16)8-12(11)15-13(17)9-4-2-1-3-5-9/h1-8,16H,(H,15,17). The largest absolute Gasteiger partial charge is 0.508 e. The molecule has 0 bridgehead atoms. The van der Waals surface area contributed by atoms with E-state index in [-0.39, 0.29) is 11.7 Å². The SMILES string of the molecule is O=C(Nc1cc(O)ccc1Cl)c1ccccc1. The highest BCUT2D eigenvalue weighted by atomic mass is 35.5. The van der Waals surface area contributed by atoms with E-state index in [1.165, 1.54) is 18.2 Å². The molecule has 0 saturated heterocycles. The highest BCUT2D eigenvalue weighted by molar-refractivity contribution is 6.34. The van der Waals surface area contributed by atoms with Gasteiger partial charge >= 0.3 is 0 Å². The van der Waals surface area contributed by atoms with Crippen LogP contribution in [0.1, 0.15) is 10.4 Å². The van der Waals surface area contributed by atoms with Crippen molar-refractivity contribution in [2.75, 3.05) is 5.32 Å². The van der Waals surface area contributed by atoms with E-state index >= 15 is 0 Å². The first-order valence-corrected chi connectivity index (χ1v) is 5.39. The molecular weight excluding hydrogens is 238 g/mol. The van der Waals surface area contributed by atoms with E-state index in [4.69, 9.17) is 11.6 Å². The number of benzene rings is 2. The number of nitrogens with one attached hydrogen (secondary N) is 1. The van der Waals surface area contributed by atoms with Crippen LogP contribution in [0.25, 0.3) is 0 Å². The summed E-state index contributed by atoms with van der Waals surface area (Å²) in [6.45, 7) is 0. The van der Waals surface area contributed by atoms with Crippen LogP contribution in [0.15, 0.2) is 48.5 Å². The van der Waals surface area contributed by atoms with Gasteiger partial charge in [0.25, 0.3) is 5.91 Å². The predicted octanol–water partition coefficient (Wildman–Crippen LogP) is 3.30. The van der Waals surface area contributed by atoms with Crippen LogP contribution < -0.4 is 5.32 Å². The Balaban J connectivity index is 2.22. The molecule has 2 N–H and O–H groups in total. The van der Waals surface area contributed by atoms with E-state index in [9.17, 15) is 9.90 Å². The van der Waals surface area contributed by atoms with Crippen molar-refractivity contribution in [2.24, 2.45) is 0 Å². The van der Waals surface area contributed by atoms with Gasteiger partial charge in [-0.05, 0) is 24.3 Å².